The fourth-order valence-electron chi connectivity index (χ4n) is 3.20. The Kier molecular flexibility index (Phi) is 7.50. The number of aliphatic hydroxyl groups is 1. The van der Waals surface area contributed by atoms with Crippen LogP contribution in [0.15, 0.2) is 24.3 Å². The molecule has 0 amide bonds. The van der Waals surface area contributed by atoms with Crippen molar-refractivity contribution in [1.29, 1.82) is 0 Å². The molecule has 0 saturated carbocycles. The Morgan fingerprint density at radius 1 is 1.24 bits per heavy atom. The molecule has 120 valence electrons. The zero-order valence-corrected chi connectivity index (χ0v) is 14.1. The summed E-state index contributed by atoms with van der Waals surface area (Å²) in [6, 6.07) is 7.93. The molecule has 0 bridgehead atoms. The topological polar surface area (TPSA) is 32.7 Å². The van der Waals surface area contributed by atoms with Gasteiger partial charge < -0.3 is 14.7 Å². The van der Waals surface area contributed by atoms with Gasteiger partial charge in [-0.3, -0.25) is 0 Å². The third-order valence-electron chi connectivity index (χ3n) is 3.94. The third-order valence-corrected chi connectivity index (χ3v) is 3.94. The standard InChI is InChI=1S/C17H27NO2.ClH/c1-13-8-14(2)10-18(9-13)11-16(19)12-20-17-7-5-4-6-15(17)3;/h4-7,13-14,16,19H,8-12H2,1-3H3;1H. The first-order valence-electron chi connectivity index (χ1n) is 7.63. The largest absolute Gasteiger partial charge is 0.491 e. The summed E-state index contributed by atoms with van der Waals surface area (Å²) in [6.45, 7) is 9.86. The van der Waals surface area contributed by atoms with Crippen LogP contribution in [0.5, 0.6) is 5.75 Å². The smallest absolute Gasteiger partial charge is 0.122 e. The lowest BCUT2D eigenvalue weighted by atomic mass is 9.92. The van der Waals surface area contributed by atoms with Crippen molar-refractivity contribution in [3.05, 3.63) is 29.8 Å². The van der Waals surface area contributed by atoms with Crippen LogP contribution < -0.4 is 4.74 Å². The van der Waals surface area contributed by atoms with Crippen molar-refractivity contribution in [1.82, 2.24) is 4.90 Å². The Balaban J connectivity index is 0.00000220. The summed E-state index contributed by atoms with van der Waals surface area (Å²) in [5.41, 5.74) is 1.11. The van der Waals surface area contributed by atoms with Crippen LogP contribution >= 0.6 is 12.4 Å². The van der Waals surface area contributed by atoms with Gasteiger partial charge in [-0.1, -0.05) is 32.0 Å². The summed E-state index contributed by atoms with van der Waals surface area (Å²) in [4.78, 5) is 2.37. The van der Waals surface area contributed by atoms with E-state index in [2.05, 4.69) is 18.7 Å². The van der Waals surface area contributed by atoms with Gasteiger partial charge in [0.25, 0.3) is 0 Å². The highest BCUT2D eigenvalue weighted by Crippen LogP contribution is 2.21. The molecule has 1 aromatic rings. The van der Waals surface area contributed by atoms with E-state index < -0.39 is 6.10 Å². The molecule has 2 rings (SSSR count). The van der Waals surface area contributed by atoms with E-state index >= 15 is 0 Å². The highest BCUT2D eigenvalue weighted by molar-refractivity contribution is 5.85. The molecule has 1 N–H and O–H groups in total. The lowest BCUT2D eigenvalue weighted by molar-refractivity contribution is 0.0427. The number of hydrogen-bond donors (Lipinski definition) is 1. The van der Waals surface area contributed by atoms with Crippen molar-refractivity contribution in [2.75, 3.05) is 26.2 Å². The second-order valence-corrected chi connectivity index (χ2v) is 6.39. The van der Waals surface area contributed by atoms with Crippen LogP contribution in [0.4, 0.5) is 0 Å². The van der Waals surface area contributed by atoms with E-state index in [1.807, 2.05) is 31.2 Å². The molecule has 3 unspecified atom stereocenters. The SMILES string of the molecule is Cc1ccccc1OCC(O)CN1CC(C)CC(C)C1.Cl. The molecule has 1 aliphatic heterocycles. The summed E-state index contributed by atoms with van der Waals surface area (Å²) in [6.07, 6.45) is 0.874. The first-order chi connectivity index (χ1) is 9.54. The fourth-order valence-corrected chi connectivity index (χ4v) is 3.20. The predicted molar refractivity (Wildman–Crippen MR) is 89.3 cm³/mol. The van der Waals surface area contributed by atoms with Gasteiger partial charge in [0, 0.05) is 19.6 Å². The number of para-hydroxylation sites is 1. The van der Waals surface area contributed by atoms with Crippen LogP contribution in [0, 0.1) is 18.8 Å². The van der Waals surface area contributed by atoms with E-state index in [0.717, 1.165) is 36.2 Å². The maximum atomic E-state index is 10.2. The minimum Gasteiger partial charge on any atom is -0.491 e. The Bertz CT molecular complexity index is 417. The average molecular weight is 314 g/mol. The molecule has 0 radical (unpaired) electrons. The number of nitrogens with zero attached hydrogens (tertiary/aromatic N) is 1. The summed E-state index contributed by atoms with van der Waals surface area (Å²) in [5, 5.41) is 10.2. The normalized spacial score (nSPS) is 24.2. The molecular formula is C17H28ClNO2. The lowest BCUT2D eigenvalue weighted by Crippen LogP contribution is -2.44. The number of β-amino-alcohol motifs (C(OH)–C–C–N with tert-alkyl or cyclic N) is 1. The van der Waals surface area contributed by atoms with E-state index in [4.69, 9.17) is 4.74 Å². The van der Waals surface area contributed by atoms with Crippen molar-refractivity contribution in [2.24, 2.45) is 11.8 Å². The highest BCUT2D eigenvalue weighted by atomic mass is 35.5. The molecule has 0 aliphatic carbocycles. The highest BCUT2D eigenvalue weighted by Gasteiger charge is 2.23. The first-order valence-corrected chi connectivity index (χ1v) is 7.63. The molecule has 4 heteroatoms. The molecule has 1 aromatic carbocycles. The predicted octanol–water partition coefficient (Wildman–Crippen LogP) is 3.13. The van der Waals surface area contributed by atoms with Crippen molar-refractivity contribution >= 4 is 12.4 Å². The van der Waals surface area contributed by atoms with Gasteiger partial charge in [0.15, 0.2) is 0 Å². The molecule has 1 fully saturated rings. The van der Waals surface area contributed by atoms with Crippen molar-refractivity contribution in [2.45, 2.75) is 33.3 Å². The van der Waals surface area contributed by atoms with Gasteiger partial charge >= 0.3 is 0 Å². The zero-order chi connectivity index (χ0) is 14.5. The zero-order valence-electron chi connectivity index (χ0n) is 13.3. The number of piperidine rings is 1. The Hall–Kier alpha value is -0.770. The molecule has 1 saturated heterocycles. The second-order valence-electron chi connectivity index (χ2n) is 6.39. The Morgan fingerprint density at radius 3 is 2.48 bits per heavy atom. The molecule has 21 heavy (non-hydrogen) atoms. The van der Waals surface area contributed by atoms with Gasteiger partial charge in [0.1, 0.15) is 18.5 Å². The average Bonchev–Trinajstić information content (AvgIpc) is 2.36. The number of ether oxygens (including phenoxy) is 1. The summed E-state index contributed by atoms with van der Waals surface area (Å²) >= 11 is 0. The maximum Gasteiger partial charge on any atom is 0.122 e. The molecule has 1 aliphatic rings. The van der Waals surface area contributed by atoms with Crippen molar-refractivity contribution in [3.8, 4) is 5.75 Å². The number of rotatable bonds is 5. The van der Waals surface area contributed by atoms with E-state index in [1.54, 1.807) is 0 Å². The molecule has 1 heterocycles. The number of aryl methyl sites for hydroxylation is 1. The van der Waals surface area contributed by atoms with Crippen LogP contribution in [-0.4, -0.2) is 42.4 Å². The minimum absolute atomic E-state index is 0. The molecule has 0 aromatic heterocycles. The van der Waals surface area contributed by atoms with E-state index in [0.29, 0.717) is 13.2 Å². The van der Waals surface area contributed by atoms with Crippen LogP contribution in [-0.2, 0) is 0 Å². The van der Waals surface area contributed by atoms with Gasteiger partial charge in [0.2, 0.25) is 0 Å². The Labute approximate surface area is 134 Å². The van der Waals surface area contributed by atoms with Gasteiger partial charge in [-0.25, -0.2) is 0 Å². The Morgan fingerprint density at radius 2 is 1.86 bits per heavy atom. The van der Waals surface area contributed by atoms with Gasteiger partial charge in [-0.05, 0) is 36.8 Å². The van der Waals surface area contributed by atoms with Crippen LogP contribution in [0.25, 0.3) is 0 Å². The monoisotopic (exact) mass is 313 g/mol. The van der Waals surface area contributed by atoms with Crippen molar-refractivity contribution < 1.29 is 9.84 Å². The maximum absolute atomic E-state index is 10.2. The molecular weight excluding hydrogens is 286 g/mol. The van der Waals surface area contributed by atoms with E-state index in [9.17, 15) is 5.11 Å². The number of hydrogen-bond acceptors (Lipinski definition) is 3. The summed E-state index contributed by atoms with van der Waals surface area (Å²) in [5.74, 6) is 2.32. The lowest BCUT2D eigenvalue weighted by Gasteiger charge is -2.35. The summed E-state index contributed by atoms with van der Waals surface area (Å²) in [7, 11) is 0. The molecule has 3 nitrogen and oxygen atoms in total. The molecule has 3 atom stereocenters. The minimum atomic E-state index is -0.424. The van der Waals surface area contributed by atoms with Crippen LogP contribution in [0.2, 0.25) is 0 Å². The van der Waals surface area contributed by atoms with Crippen molar-refractivity contribution in [3.63, 3.8) is 0 Å². The van der Waals surface area contributed by atoms with E-state index in [1.165, 1.54) is 6.42 Å². The van der Waals surface area contributed by atoms with Gasteiger partial charge in [-0.15, -0.1) is 12.4 Å². The quantitative estimate of drug-likeness (QED) is 0.906. The first kappa shape index (κ1) is 18.3. The summed E-state index contributed by atoms with van der Waals surface area (Å²) < 4.78 is 5.72. The number of benzene rings is 1. The van der Waals surface area contributed by atoms with Gasteiger partial charge in [0.05, 0.1) is 0 Å². The molecule has 0 spiro atoms. The second kappa shape index (κ2) is 8.62. The number of likely N-dealkylation sites (tertiary alicyclic amines) is 1. The number of halogens is 1. The van der Waals surface area contributed by atoms with Crippen LogP contribution in [0.3, 0.4) is 0 Å². The van der Waals surface area contributed by atoms with E-state index in [-0.39, 0.29) is 12.4 Å². The number of aliphatic hydroxyl groups excluding tert-OH is 1. The third kappa shape index (κ3) is 5.85. The van der Waals surface area contributed by atoms with Gasteiger partial charge in [-0.2, -0.15) is 0 Å². The van der Waals surface area contributed by atoms with Crippen LogP contribution in [0.1, 0.15) is 25.8 Å². The fraction of sp³-hybridized carbons (Fsp3) is 0.647.